The maximum Gasteiger partial charge on any atom is 0.218 e. The summed E-state index contributed by atoms with van der Waals surface area (Å²) >= 11 is 0. The molecular formula is C17H28N6O2. The highest BCUT2D eigenvalue weighted by atomic mass is 16.5. The van der Waals surface area contributed by atoms with Crippen LogP contribution < -0.4 is 9.64 Å². The first-order valence-electron chi connectivity index (χ1n) is 8.56. The Morgan fingerprint density at radius 1 is 1.24 bits per heavy atom. The van der Waals surface area contributed by atoms with Crippen molar-refractivity contribution in [2.45, 2.75) is 52.9 Å². The van der Waals surface area contributed by atoms with E-state index in [2.05, 4.69) is 32.1 Å². The number of ether oxygens (including phenoxy) is 2. The van der Waals surface area contributed by atoms with Crippen molar-refractivity contribution in [3.63, 3.8) is 0 Å². The van der Waals surface area contributed by atoms with E-state index in [9.17, 15) is 0 Å². The van der Waals surface area contributed by atoms with Crippen LogP contribution in [0, 0.1) is 6.92 Å². The zero-order valence-electron chi connectivity index (χ0n) is 15.9. The number of rotatable bonds is 9. The van der Waals surface area contributed by atoms with Crippen molar-refractivity contribution in [1.29, 1.82) is 0 Å². The maximum atomic E-state index is 5.89. The highest BCUT2D eigenvalue weighted by molar-refractivity contribution is 5.42. The molecule has 2 unspecified atom stereocenters. The minimum absolute atomic E-state index is 0.0513. The van der Waals surface area contributed by atoms with E-state index in [1.807, 2.05) is 33.9 Å². The maximum absolute atomic E-state index is 5.89. The van der Waals surface area contributed by atoms with Crippen LogP contribution in [0.15, 0.2) is 12.3 Å². The Hall–Kier alpha value is -2.22. The number of anilines is 1. The highest BCUT2D eigenvalue weighted by Crippen LogP contribution is 2.21. The van der Waals surface area contributed by atoms with Gasteiger partial charge in [0, 0.05) is 26.8 Å². The fourth-order valence-electron chi connectivity index (χ4n) is 2.31. The molecule has 0 saturated carbocycles. The number of hydrogen-bond donors (Lipinski definition) is 0. The van der Waals surface area contributed by atoms with Crippen molar-refractivity contribution in [2.75, 3.05) is 18.6 Å². The molecule has 2 aromatic heterocycles. The molecule has 0 N–H and O–H groups in total. The van der Waals surface area contributed by atoms with Gasteiger partial charge in [-0.1, -0.05) is 12.1 Å². The van der Waals surface area contributed by atoms with Gasteiger partial charge in [0.1, 0.15) is 11.6 Å². The first-order chi connectivity index (χ1) is 11.9. The summed E-state index contributed by atoms with van der Waals surface area (Å²) in [6, 6.07) is 1.88. The molecule has 2 aromatic rings. The van der Waals surface area contributed by atoms with E-state index < -0.39 is 0 Å². The normalized spacial score (nSPS) is 13.5. The van der Waals surface area contributed by atoms with E-state index in [1.165, 1.54) is 0 Å². The molecule has 0 bridgehead atoms. The smallest absolute Gasteiger partial charge is 0.218 e. The molecule has 8 heteroatoms. The van der Waals surface area contributed by atoms with Crippen molar-refractivity contribution < 1.29 is 9.47 Å². The largest absolute Gasteiger partial charge is 0.475 e. The molecule has 0 aromatic carbocycles. The minimum Gasteiger partial charge on any atom is -0.475 e. The van der Waals surface area contributed by atoms with Crippen LogP contribution in [0.25, 0.3) is 0 Å². The number of nitrogens with zero attached hydrogens (tertiary/aromatic N) is 6. The molecule has 8 nitrogen and oxygen atoms in total. The van der Waals surface area contributed by atoms with E-state index in [0.29, 0.717) is 24.8 Å². The molecule has 2 atom stereocenters. The van der Waals surface area contributed by atoms with Crippen LogP contribution in [-0.2, 0) is 18.3 Å². The van der Waals surface area contributed by atoms with Crippen molar-refractivity contribution in [3.8, 4) is 5.88 Å². The Bertz CT molecular complexity index is 675. The van der Waals surface area contributed by atoms with Crippen LogP contribution in [0.3, 0.4) is 0 Å². The quantitative estimate of drug-likeness (QED) is 0.687. The Balaban J connectivity index is 2.30. The van der Waals surface area contributed by atoms with Crippen LogP contribution in [0.5, 0.6) is 5.88 Å². The molecular weight excluding hydrogens is 320 g/mol. The molecule has 0 aliphatic carbocycles. The van der Waals surface area contributed by atoms with Gasteiger partial charge in [0.15, 0.2) is 0 Å². The van der Waals surface area contributed by atoms with Gasteiger partial charge in [-0.3, -0.25) is 4.68 Å². The third kappa shape index (κ3) is 5.38. The Labute approximate surface area is 149 Å². The monoisotopic (exact) mass is 348 g/mol. The van der Waals surface area contributed by atoms with E-state index in [1.54, 1.807) is 18.0 Å². The van der Waals surface area contributed by atoms with E-state index >= 15 is 0 Å². The van der Waals surface area contributed by atoms with Crippen molar-refractivity contribution in [3.05, 3.63) is 23.8 Å². The van der Waals surface area contributed by atoms with Crippen LogP contribution in [0.1, 0.15) is 38.7 Å². The first kappa shape index (κ1) is 19.1. The summed E-state index contributed by atoms with van der Waals surface area (Å²) in [6.07, 6.45) is 2.84. The van der Waals surface area contributed by atoms with Gasteiger partial charge in [-0.05, 0) is 27.2 Å². The molecule has 0 aliphatic rings. The lowest BCUT2D eigenvalue weighted by molar-refractivity contribution is 0.122. The van der Waals surface area contributed by atoms with Crippen molar-refractivity contribution >= 4 is 5.82 Å². The summed E-state index contributed by atoms with van der Waals surface area (Å²) in [6.45, 7) is 9.32. The summed E-state index contributed by atoms with van der Waals surface area (Å²) < 4.78 is 13.1. The summed E-state index contributed by atoms with van der Waals surface area (Å²) in [5.41, 5.74) is 0.990. The zero-order valence-corrected chi connectivity index (χ0v) is 15.9. The standard InChI is InChI=1S/C17H28N6O2/c1-7-12(2)25-17-8-16(19-14(4)20-17)23(10-13(3)24-6)11-15-9-18-21-22(15)5/h8-9,12-13H,7,10-11H2,1-6H3. The molecule has 25 heavy (non-hydrogen) atoms. The van der Waals surface area contributed by atoms with Gasteiger partial charge in [0.05, 0.1) is 30.6 Å². The van der Waals surface area contributed by atoms with Gasteiger partial charge >= 0.3 is 0 Å². The molecule has 138 valence electrons. The summed E-state index contributed by atoms with van der Waals surface area (Å²) in [5.74, 6) is 2.07. The Morgan fingerprint density at radius 3 is 2.60 bits per heavy atom. The molecule has 2 rings (SSSR count). The third-order valence-electron chi connectivity index (χ3n) is 4.06. The van der Waals surface area contributed by atoms with Crippen LogP contribution in [0.4, 0.5) is 5.82 Å². The lowest BCUT2D eigenvalue weighted by Gasteiger charge is -2.27. The predicted octanol–water partition coefficient (Wildman–Crippen LogP) is 2.13. The number of aryl methyl sites for hydroxylation is 2. The van der Waals surface area contributed by atoms with Gasteiger partial charge in [0.2, 0.25) is 5.88 Å². The summed E-state index contributed by atoms with van der Waals surface area (Å²) in [5, 5.41) is 7.95. The topological polar surface area (TPSA) is 78.2 Å². The third-order valence-corrected chi connectivity index (χ3v) is 4.06. The lowest BCUT2D eigenvalue weighted by atomic mass is 10.3. The molecule has 0 aliphatic heterocycles. The Kier molecular flexibility index (Phi) is 6.69. The summed E-state index contributed by atoms with van der Waals surface area (Å²) in [4.78, 5) is 11.1. The number of hydrogen-bond acceptors (Lipinski definition) is 7. The predicted molar refractivity (Wildman–Crippen MR) is 95.7 cm³/mol. The average molecular weight is 348 g/mol. The minimum atomic E-state index is 0.0513. The molecule has 0 fully saturated rings. The van der Waals surface area contributed by atoms with Gasteiger partial charge in [-0.25, -0.2) is 4.98 Å². The van der Waals surface area contributed by atoms with Gasteiger partial charge in [0.25, 0.3) is 0 Å². The van der Waals surface area contributed by atoms with Crippen LogP contribution >= 0.6 is 0 Å². The zero-order chi connectivity index (χ0) is 18.4. The van der Waals surface area contributed by atoms with Crippen molar-refractivity contribution in [1.82, 2.24) is 25.0 Å². The fourth-order valence-corrected chi connectivity index (χ4v) is 2.31. The second-order valence-electron chi connectivity index (χ2n) is 6.22. The molecule has 0 radical (unpaired) electrons. The first-order valence-corrected chi connectivity index (χ1v) is 8.56. The fraction of sp³-hybridized carbons (Fsp3) is 0.647. The number of aromatic nitrogens is 5. The van der Waals surface area contributed by atoms with E-state index in [-0.39, 0.29) is 12.2 Å². The van der Waals surface area contributed by atoms with Gasteiger partial charge in [-0.15, -0.1) is 5.10 Å². The molecule has 0 saturated heterocycles. The van der Waals surface area contributed by atoms with Gasteiger partial charge in [-0.2, -0.15) is 4.98 Å². The van der Waals surface area contributed by atoms with E-state index in [4.69, 9.17) is 9.47 Å². The summed E-state index contributed by atoms with van der Waals surface area (Å²) in [7, 11) is 3.58. The van der Waals surface area contributed by atoms with Gasteiger partial charge < -0.3 is 14.4 Å². The Morgan fingerprint density at radius 2 is 2.00 bits per heavy atom. The van der Waals surface area contributed by atoms with Crippen LogP contribution in [-0.4, -0.2) is 50.8 Å². The van der Waals surface area contributed by atoms with Crippen molar-refractivity contribution in [2.24, 2.45) is 7.05 Å². The lowest BCUT2D eigenvalue weighted by Crippen LogP contribution is -2.33. The van der Waals surface area contributed by atoms with E-state index in [0.717, 1.165) is 17.9 Å². The molecule has 2 heterocycles. The average Bonchev–Trinajstić information content (AvgIpc) is 2.98. The second kappa shape index (κ2) is 8.75. The second-order valence-corrected chi connectivity index (χ2v) is 6.22. The van der Waals surface area contributed by atoms with Crippen LogP contribution in [0.2, 0.25) is 0 Å². The number of methoxy groups -OCH3 is 1. The molecule has 0 amide bonds. The SMILES string of the molecule is CCC(C)Oc1cc(N(Cc2cnnn2C)CC(C)OC)nc(C)n1. The molecule has 0 spiro atoms. The highest BCUT2D eigenvalue weighted by Gasteiger charge is 2.17.